The van der Waals surface area contributed by atoms with Crippen molar-refractivity contribution in [2.45, 2.75) is 65.6 Å². The van der Waals surface area contributed by atoms with Gasteiger partial charge in [0, 0.05) is 49.2 Å². The van der Waals surface area contributed by atoms with Crippen molar-refractivity contribution < 1.29 is 9.59 Å². The molecular formula is C24H36N6O2S. The number of aryl methyl sites for hydroxylation is 1. The molecular weight excluding hydrogens is 436 g/mol. The number of likely N-dealkylation sites (N-methyl/N-ethyl adjacent to an activating group) is 1. The van der Waals surface area contributed by atoms with Gasteiger partial charge in [0.05, 0.1) is 41.2 Å². The van der Waals surface area contributed by atoms with E-state index >= 15 is 0 Å². The minimum absolute atomic E-state index is 0.0812. The van der Waals surface area contributed by atoms with Crippen LogP contribution in [0.5, 0.6) is 0 Å². The highest BCUT2D eigenvalue weighted by Crippen LogP contribution is 2.50. The van der Waals surface area contributed by atoms with E-state index in [1.54, 1.807) is 11.3 Å². The normalized spacial score (nSPS) is 23.3. The van der Waals surface area contributed by atoms with Gasteiger partial charge in [-0.1, -0.05) is 0 Å². The fourth-order valence-corrected chi connectivity index (χ4v) is 5.55. The van der Waals surface area contributed by atoms with Gasteiger partial charge in [-0.2, -0.15) is 0 Å². The standard InChI is InChI=1S/C24H36N6O2S/c1-16(2)27(6)12-22(31)29-10-20(21-11-30(15-25-21)17(3)4)24(14-29)7-8-28(23(24)32)9-19-13-33-18(5)26-19/h11,13,15-17,20H,7-10,12,14H2,1-6H3/t20-,24-/m0/s1. The zero-order valence-electron chi connectivity index (χ0n) is 20.6. The van der Waals surface area contributed by atoms with Gasteiger partial charge in [0.25, 0.3) is 0 Å². The predicted molar refractivity (Wildman–Crippen MR) is 129 cm³/mol. The molecule has 0 saturated carbocycles. The number of rotatable bonds is 7. The molecule has 2 aromatic rings. The fourth-order valence-electron chi connectivity index (χ4n) is 4.94. The van der Waals surface area contributed by atoms with Gasteiger partial charge in [-0.05, 0) is 48.1 Å². The van der Waals surface area contributed by atoms with Crippen LogP contribution in [0, 0.1) is 12.3 Å². The average molecular weight is 473 g/mol. The highest BCUT2D eigenvalue weighted by molar-refractivity contribution is 7.09. The van der Waals surface area contributed by atoms with Crippen molar-refractivity contribution in [3.8, 4) is 0 Å². The van der Waals surface area contributed by atoms with Crippen molar-refractivity contribution in [3.05, 3.63) is 34.3 Å². The molecule has 33 heavy (non-hydrogen) atoms. The minimum Gasteiger partial charge on any atom is -0.340 e. The lowest BCUT2D eigenvalue weighted by molar-refractivity contribution is -0.137. The number of likely N-dealkylation sites (tertiary alicyclic amines) is 2. The second-order valence-electron chi connectivity index (χ2n) is 10.2. The number of imidazole rings is 1. The summed E-state index contributed by atoms with van der Waals surface area (Å²) in [5.74, 6) is 0.114. The molecule has 0 N–H and O–H groups in total. The summed E-state index contributed by atoms with van der Waals surface area (Å²) in [6, 6.07) is 0.581. The number of aromatic nitrogens is 3. The molecule has 9 heteroatoms. The van der Waals surface area contributed by atoms with E-state index < -0.39 is 5.41 Å². The first-order valence-corrected chi connectivity index (χ1v) is 12.7. The SMILES string of the molecule is Cc1nc(CN2CC[C@@]3(CN(C(=O)CN(C)C(C)C)C[C@H]3c3cn(C(C)C)cn3)C2=O)cs1. The molecule has 2 aromatic heterocycles. The molecule has 4 heterocycles. The molecule has 180 valence electrons. The summed E-state index contributed by atoms with van der Waals surface area (Å²) in [4.78, 5) is 42.2. The van der Waals surface area contributed by atoms with Gasteiger partial charge in [0.1, 0.15) is 0 Å². The van der Waals surface area contributed by atoms with Crippen LogP contribution in [0.3, 0.4) is 0 Å². The molecule has 2 fully saturated rings. The molecule has 0 bridgehead atoms. The quantitative estimate of drug-likeness (QED) is 0.619. The van der Waals surface area contributed by atoms with Crippen LogP contribution in [0.2, 0.25) is 0 Å². The Labute approximate surface area is 200 Å². The van der Waals surface area contributed by atoms with Crippen LogP contribution < -0.4 is 0 Å². The zero-order valence-corrected chi connectivity index (χ0v) is 21.4. The highest BCUT2D eigenvalue weighted by Gasteiger charge is 2.58. The Balaban J connectivity index is 1.61. The van der Waals surface area contributed by atoms with Gasteiger partial charge in [-0.3, -0.25) is 14.5 Å². The maximum Gasteiger partial charge on any atom is 0.236 e. The van der Waals surface area contributed by atoms with Crippen molar-refractivity contribution in [3.63, 3.8) is 0 Å². The topological polar surface area (TPSA) is 74.6 Å². The molecule has 4 rings (SSSR count). The van der Waals surface area contributed by atoms with Crippen molar-refractivity contribution in [2.75, 3.05) is 33.2 Å². The van der Waals surface area contributed by atoms with E-state index in [1.807, 2.05) is 40.4 Å². The molecule has 2 saturated heterocycles. The smallest absolute Gasteiger partial charge is 0.236 e. The maximum absolute atomic E-state index is 13.9. The lowest BCUT2D eigenvalue weighted by Crippen LogP contribution is -2.43. The number of hydrogen-bond acceptors (Lipinski definition) is 6. The molecule has 0 aliphatic carbocycles. The average Bonchev–Trinajstić information content (AvgIpc) is 3.52. The summed E-state index contributed by atoms with van der Waals surface area (Å²) in [5.41, 5.74) is 1.23. The largest absolute Gasteiger partial charge is 0.340 e. The van der Waals surface area contributed by atoms with Crippen LogP contribution in [0.4, 0.5) is 0 Å². The van der Waals surface area contributed by atoms with Crippen LogP contribution in [-0.4, -0.2) is 80.3 Å². The van der Waals surface area contributed by atoms with Crippen molar-refractivity contribution >= 4 is 23.2 Å². The van der Waals surface area contributed by atoms with Crippen LogP contribution in [-0.2, 0) is 16.1 Å². The zero-order chi connectivity index (χ0) is 23.9. The lowest BCUT2D eigenvalue weighted by Gasteiger charge is -2.28. The molecule has 0 unspecified atom stereocenters. The van der Waals surface area contributed by atoms with Gasteiger partial charge in [-0.15, -0.1) is 11.3 Å². The van der Waals surface area contributed by atoms with Gasteiger partial charge in [-0.25, -0.2) is 9.97 Å². The number of nitrogens with zero attached hydrogens (tertiary/aromatic N) is 6. The van der Waals surface area contributed by atoms with Gasteiger partial charge < -0.3 is 14.4 Å². The predicted octanol–water partition coefficient (Wildman–Crippen LogP) is 2.91. The Bertz CT molecular complexity index is 1010. The van der Waals surface area contributed by atoms with E-state index in [1.165, 1.54) is 0 Å². The third kappa shape index (κ3) is 4.57. The van der Waals surface area contributed by atoms with Crippen LogP contribution in [0.15, 0.2) is 17.9 Å². The number of carbonyl (C=O) groups is 2. The molecule has 0 aromatic carbocycles. The van der Waals surface area contributed by atoms with E-state index in [4.69, 9.17) is 4.98 Å². The Morgan fingerprint density at radius 2 is 2.09 bits per heavy atom. The summed E-state index contributed by atoms with van der Waals surface area (Å²) in [6.07, 6.45) is 4.64. The molecule has 2 atom stereocenters. The van der Waals surface area contributed by atoms with E-state index in [-0.39, 0.29) is 23.8 Å². The van der Waals surface area contributed by atoms with E-state index in [0.717, 1.165) is 22.8 Å². The lowest BCUT2D eigenvalue weighted by atomic mass is 9.75. The molecule has 2 aliphatic rings. The third-order valence-corrected chi connectivity index (χ3v) is 8.12. The Kier molecular flexibility index (Phi) is 6.64. The minimum atomic E-state index is -0.618. The summed E-state index contributed by atoms with van der Waals surface area (Å²) in [7, 11) is 1.97. The van der Waals surface area contributed by atoms with Gasteiger partial charge in [0.15, 0.2) is 0 Å². The number of amides is 2. The molecule has 0 radical (unpaired) electrons. The van der Waals surface area contributed by atoms with Crippen LogP contribution in [0.25, 0.3) is 0 Å². The van der Waals surface area contributed by atoms with Crippen molar-refractivity contribution in [1.29, 1.82) is 0 Å². The Morgan fingerprint density at radius 1 is 1.33 bits per heavy atom. The number of carbonyl (C=O) groups excluding carboxylic acids is 2. The Morgan fingerprint density at radius 3 is 2.70 bits per heavy atom. The van der Waals surface area contributed by atoms with Crippen LogP contribution >= 0.6 is 11.3 Å². The third-order valence-electron chi connectivity index (χ3n) is 7.30. The number of hydrogen-bond donors (Lipinski definition) is 0. The highest BCUT2D eigenvalue weighted by atomic mass is 32.1. The second kappa shape index (κ2) is 9.18. The first-order valence-electron chi connectivity index (χ1n) is 11.8. The monoisotopic (exact) mass is 472 g/mol. The summed E-state index contributed by atoms with van der Waals surface area (Å²) < 4.78 is 2.08. The Hall–Kier alpha value is -2.26. The van der Waals surface area contributed by atoms with Crippen molar-refractivity contribution in [2.24, 2.45) is 5.41 Å². The summed E-state index contributed by atoms with van der Waals surface area (Å²) >= 11 is 1.61. The molecule has 1 spiro atoms. The summed E-state index contributed by atoms with van der Waals surface area (Å²) in [6.45, 7) is 13.0. The maximum atomic E-state index is 13.9. The first-order chi connectivity index (χ1) is 15.6. The van der Waals surface area contributed by atoms with E-state index in [2.05, 4.69) is 43.4 Å². The van der Waals surface area contributed by atoms with Gasteiger partial charge in [0.2, 0.25) is 11.8 Å². The molecule has 2 amide bonds. The van der Waals surface area contributed by atoms with E-state index in [0.29, 0.717) is 38.8 Å². The second-order valence-corrected chi connectivity index (χ2v) is 11.2. The first kappa shape index (κ1) is 23.9. The van der Waals surface area contributed by atoms with Gasteiger partial charge >= 0.3 is 0 Å². The fraction of sp³-hybridized carbons (Fsp3) is 0.667. The molecule has 8 nitrogen and oxygen atoms in total. The van der Waals surface area contributed by atoms with Crippen LogP contribution in [0.1, 0.15) is 62.5 Å². The summed E-state index contributed by atoms with van der Waals surface area (Å²) in [5, 5.41) is 3.04. The van der Waals surface area contributed by atoms with Crippen molar-refractivity contribution in [1.82, 2.24) is 29.2 Å². The van der Waals surface area contributed by atoms with E-state index in [9.17, 15) is 9.59 Å². The number of thiazole rings is 1. The molecule has 2 aliphatic heterocycles.